The number of halogens is 1. The molecule has 2 aliphatic rings. The van der Waals surface area contributed by atoms with Gasteiger partial charge < -0.3 is 30.7 Å². The molecule has 3 aromatic rings. The summed E-state index contributed by atoms with van der Waals surface area (Å²) in [6, 6.07) is 4.83. The van der Waals surface area contributed by atoms with Gasteiger partial charge in [-0.1, -0.05) is 19.3 Å². The number of benzene rings is 1. The van der Waals surface area contributed by atoms with E-state index in [1.807, 2.05) is 18.7 Å². The topological polar surface area (TPSA) is 117 Å². The Bertz CT molecular complexity index is 1300. The van der Waals surface area contributed by atoms with Crippen LogP contribution in [-0.2, 0) is 11.3 Å². The van der Waals surface area contributed by atoms with E-state index in [2.05, 4.69) is 25.9 Å². The van der Waals surface area contributed by atoms with Gasteiger partial charge in [0.15, 0.2) is 11.5 Å². The van der Waals surface area contributed by atoms with Crippen LogP contribution < -0.4 is 20.9 Å². The first-order valence-electron chi connectivity index (χ1n) is 13.3. The van der Waals surface area contributed by atoms with E-state index in [1.54, 1.807) is 25.2 Å². The lowest BCUT2D eigenvalue weighted by Gasteiger charge is -2.37. The standard InChI is InChI=1S/C27H36FN7O3/c1-16-12-34(13-17(2)38-16)22-10-18(14-36)9-20(24(22)28)32-23-11-21(29-3)25-26(33-23)35(15-30-25)27(37)31-19-7-5-4-6-8-19/h9-11,15-17,19,36H,4-8,12-14H2,1-3H3,(H,31,37)(H2,29,32,33)/t16-,17+. The smallest absolute Gasteiger partial charge is 0.328 e. The van der Waals surface area contributed by atoms with Gasteiger partial charge in [0.2, 0.25) is 0 Å². The van der Waals surface area contributed by atoms with E-state index < -0.39 is 5.82 Å². The molecule has 5 rings (SSSR count). The predicted octanol–water partition coefficient (Wildman–Crippen LogP) is 4.35. The summed E-state index contributed by atoms with van der Waals surface area (Å²) in [4.78, 5) is 24.1. The fraction of sp³-hybridized carbons (Fsp3) is 0.519. The average Bonchev–Trinajstić information content (AvgIpc) is 3.33. The number of fused-ring (bicyclic) bond motifs is 1. The summed E-state index contributed by atoms with van der Waals surface area (Å²) >= 11 is 0. The first-order chi connectivity index (χ1) is 18.4. The highest BCUT2D eigenvalue weighted by Gasteiger charge is 2.26. The first kappa shape index (κ1) is 26.2. The number of aliphatic hydroxyl groups excluding tert-OH is 1. The molecule has 0 spiro atoms. The lowest BCUT2D eigenvalue weighted by molar-refractivity contribution is -0.00539. The molecule has 0 unspecified atom stereocenters. The van der Waals surface area contributed by atoms with Gasteiger partial charge in [0, 0.05) is 32.2 Å². The number of aliphatic hydroxyl groups is 1. The van der Waals surface area contributed by atoms with Crippen LogP contribution in [0.5, 0.6) is 0 Å². The molecule has 4 N–H and O–H groups in total. The second-order valence-corrected chi connectivity index (χ2v) is 10.3. The molecule has 2 atom stereocenters. The molecular formula is C27H36FN7O3. The van der Waals surface area contributed by atoms with Gasteiger partial charge in [0.25, 0.3) is 0 Å². The van der Waals surface area contributed by atoms with E-state index in [9.17, 15) is 9.90 Å². The van der Waals surface area contributed by atoms with Crippen molar-refractivity contribution in [2.75, 3.05) is 35.7 Å². The van der Waals surface area contributed by atoms with E-state index in [0.717, 1.165) is 25.7 Å². The van der Waals surface area contributed by atoms with Crippen molar-refractivity contribution in [1.29, 1.82) is 0 Å². The molecule has 2 aromatic heterocycles. The van der Waals surface area contributed by atoms with Gasteiger partial charge in [0.1, 0.15) is 17.7 Å². The molecule has 204 valence electrons. The summed E-state index contributed by atoms with van der Waals surface area (Å²) in [6.07, 6.45) is 6.70. The van der Waals surface area contributed by atoms with Crippen molar-refractivity contribution in [3.8, 4) is 0 Å². The number of morpholine rings is 1. The zero-order valence-corrected chi connectivity index (χ0v) is 22.1. The van der Waals surface area contributed by atoms with Crippen LogP contribution in [0, 0.1) is 5.82 Å². The predicted molar refractivity (Wildman–Crippen MR) is 146 cm³/mol. The Labute approximate surface area is 221 Å². The number of amides is 1. The lowest BCUT2D eigenvalue weighted by Crippen LogP contribution is -2.45. The number of rotatable bonds is 6. The minimum absolute atomic E-state index is 0.0466. The van der Waals surface area contributed by atoms with Crippen molar-refractivity contribution in [2.45, 2.75) is 70.8 Å². The third kappa shape index (κ3) is 5.39. The molecule has 1 saturated carbocycles. The summed E-state index contributed by atoms with van der Waals surface area (Å²) in [7, 11) is 1.76. The van der Waals surface area contributed by atoms with Crippen molar-refractivity contribution >= 4 is 40.1 Å². The minimum Gasteiger partial charge on any atom is -0.392 e. The lowest BCUT2D eigenvalue weighted by atomic mass is 9.96. The maximum Gasteiger partial charge on any atom is 0.328 e. The Morgan fingerprint density at radius 3 is 2.55 bits per heavy atom. The van der Waals surface area contributed by atoms with Crippen LogP contribution in [0.1, 0.15) is 51.5 Å². The van der Waals surface area contributed by atoms with Crippen molar-refractivity contribution < 1.29 is 19.0 Å². The molecule has 0 radical (unpaired) electrons. The zero-order valence-electron chi connectivity index (χ0n) is 22.1. The Morgan fingerprint density at radius 2 is 1.87 bits per heavy atom. The number of anilines is 4. The number of nitrogens with one attached hydrogen (secondary N) is 3. The van der Waals surface area contributed by atoms with Gasteiger partial charge in [0.05, 0.1) is 35.9 Å². The monoisotopic (exact) mass is 525 g/mol. The van der Waals surface area contributed by atoms with E-state index in [4.69, 9.17) is 4.74 Å². The molecule has 11 heteroatoms. The molecule has 38 heavy (non-hydrogen) atoms. The van der Waals surface area contributed by atoms with Gasteiger partial charge in [-0.25, -0.2) is 23.7 Å². The van der Waals surface area contributed by atoms with E-state index in [0.29, 0.717) is 47.0 Å². The fourth-order valence-electron chi connectivity index (χ4n) is 5.48. The zero-order chi connectivity index (χ0) is 26.8. The Hall–Kier alpha value is -3.44. The Balaban J connectivity index is 1.48. The minimum atomic E-state index is -0.444. The average molecular weight is 526 g/mol. The van der Waals surface area contributed by atoms with Crippen LogP contribution in [-0.4, -0.2) is 64.1 Å². The Kier molecular flexibility index (Phi) is 7.66. The normalized spacial score (nSPS) is 20.5. The van der Waals surface area contributed by atoms with Crippen LogP contribution in [0.3, 0.4) is 0 Å². The fourth-order valence-corrected chi connectivity index (χ4v) is 5.48. The molecule has 1 amide bonds. The van der Waals surface area contributed by atoms with Gasteiger partial charge in [-0.15, -0.1) is 0 Å². The van der Waals surface area contributed by atoms with E-state index in [1.165, 1.54) is 17.3 Å². The highest BCUT2D eigenvalue weighted by atomic mass is 19.1. The van der Waals surface area contributed by atoms with E-state index >= 15 is 4.39 Å². The highest BCUT2D eigenvalue weighted by molar-refractivity contribution is 5.94. The third-order valence-corrected chi connectivity index (χ3v) is 7.24. The number of carbonyl (C=O) groups excluding carboxylic acids is 1. The highest BCUT2D eigenvalue weighted by Crippen LogP contribution is 2.33. The van der Waals surface area contributed by atoms with Crippen LogP contribution >= 0.6 is 0 Å². The number of imidazole rings is 1. The second kappa shape index (κ2) is 11.1. The summed E-state index contributed by atoms with van der Waals surface area (Å²) in [5.74, 6) is -0.0994. The van der Waals surface area contributed by atoms with Gasteiger partial charge in [-0.2, -0.15) is 0 Å². The Morgan fingerprint density at radius 1 is 1.13 bits per heavy atom. The van der Waals surface area contributed by atoms with Crippen LogP contribution in [0.15, 0.2) is 24.5 Å². The summed E-state index contributed by atoms with van der Waals surface area (Å²) in [5, 5.41) is 19.2. The van der Waals surface area contributed by atoms with Crippen molar-refractivity contribution in [2.24, 2.45) is 0 Å². The summed E-state index contributed by atoms with van der Waals surface area (Å²) in [5.41, 5.74) is 2.71. The molecule has 10 nitrogen and oxygen atoms in total. The SMILES string of the molecule is CNc1cc(Nc2cc(CO)cc(N3C[C@@H](C)O[C@@H](C)C3)c2F)nc2c1ncn2C(=O)NC1CCCCC1. The van der Waals surface area contributed by atoms with Gasteiger partial charge in [-0.05, 0) is 44.4 Å². The number of hydrogen-bond acceptors (Lipinski definition) is 8. The van der Waals surface area contributed by atoms with Crippen molar-refractivity contribution in [3.63, 3.8) is 0 Å². The van der Waals surface area contributed by atoms with Crippen molar-refractivity contribution in [1.82, 2.24) is 19.9 Å². The maximum absolute atomic E-state index is 15.9. The third-order valence-electron chi connectivity index (χ3n) is 7.24. The van der Waals surface area contributed by atoms with Gasteiger partial charge in [-0.3, -0.25) is 0 Å². The molecule has 0 bridgehead atoms. The molecular weight excluding hydrogens is 489 g/mol. The van der Waals surface area contributed by atoms with E-state index in [-0.39, 0.29) is 36.6 Å². The molecule has 1 aromatic carbocycles. The first-order valence-corrected chi connectivity index (χ1v) is 13.3. The number of pyridine rings is 1. The quantitative estimate of drug-likeness (QED) is 0.375. The second-order valence-electron chi connectivity index (χ2n) is 10.3. The molecule has 2 fully saturated rings. The molecule has 1 aliphatic heterocycles. The number of ether oxygens (including phenoxy) is 1. The number of hydrogen-bond donors (Lipinski definition) is 4. The number of aromatic nitrogens is 3. The van der Waals surface area contributed by atoms with Crippen LogP contribution in [0.2, 0.25) is 0 Å². The van der Waals surface area contributed by atoms with Gasteiger partial charge >= 0.3 is 6.03 Å². The van der Waals surface area contributed by atoms with Crippen LogP contribution in [0.25, 0.3) is 11.2 Å². The number of nitrogens with zero attached hydrogens (tertiary/aromatic N) is 4. The van der Waals surface area contributed by atoms with Crippen molar-refractivity contribution in [3.05, 3.63) is 35.9 Å². The molecule has 1 aliphatic carbocycles. The molecule has 1 saturated heterocycles. The van der Waals surface area contributed by atoms with Crippen LogP contribution in [0.4, 0.5) is 32.1 Å². The number of carbonyl (C=O) groups is 1. The largest absolute Gasteiger partial charge is 0.392 e. The summed E-state index contributed by atoms with van der Waals surface area (Å²) in [6.45, 7) is 4.76. The summed E-state index contributed by atoms with van der Waals surface area (Å²) < 4.78 is 23.1. The maximum atomic E-state index is 15.9. The molecule has 3 heterocycles.